The molecule has 0 fully saturated rings. The van der Waals surface area contributed by atoms with E-state index in [1.54, 1.807) is 6.92 Å². The van der Waals surface area contributed by atoms with E-state index in [1.807, 2.05) is 31.2 Å². The van der Waals surface area contributed by atoms with Crippen LogP contribution < -0.4 is 5.73 Å². The molecule has 0 spiro atoms. The molecule has 2 aromatic heterocycles. The Morgan fingerprint density at radius 2 is 2.08 bits per heavy atom. The first-order valence-corrected chi connectivity index (χ1v) is 8.01. The van der Waals surface area contributed by atoms with Gasteiger partial charge in [0, 0.05) is 5.56 Å². The molecule has 0 unspecified atom stereocenters. The van der Waals surface area contributed by atoms with Crippen molar-refractivity contribution in [1.29, 1.82) is 0 Å². The summed E-state index contributed by atoms with van der Waals surface area (Å²) in [6, 6.07) is 7.97. The Balaban J connectivity index is 1.99. The van der Waals surface area contributed by atoms with E-state index in [0.717, 1.165) is 16.8 Å². The summed E-state index contributed by atoms with van der Waals surface area (Å²) in [6.07, 6.45) is 0. The van der Waals surface area contributed by atoms with Crippen LogP contribution in [-0.2, 0) is 4.74 Å². The summed E-state index contributed by atoms with van der Waals surface area (Å²) in [5.41, 5.74) is 8.74. The maximum Gasteiger partial charge on any atom is 0.378 e. The highest BCUT2D eigenvalue weighted by molar-refractivity contribution is 9.10. The first kappa shape index (κ1) is 16.2. The number of halogens is 1. The average molecular weight is 391 g/mol. The van der Waals surface area contributed by atoms with Crippen LogP contribution in [0.15, 0.2) is 28.7 Å². The van der Waals surface area contributed by atoms with Gasteiger partial charge in [0.25, 0.3) is 5.82 Å². The number of hydrogen-bond acceptors (Lipinski definition) is 6. The Morgan fingerprint density at radius 1 is 1.38 bits per heavy atom. The van der Waals surface area contributed by atoms with Crippen LogP contribution in [-0.4, -0.2) is 37.5 Å². The number of nitrogens with zero attached hydrogens (tertiary/aromatic N) is 4. The highest BCUT2D eigenvalue weighted by Crippen LogP contribution is 2.31. The molecular weight excluding hydrogens is 376 g/mol. The number of aromatic amines is 1. The van der Waals surface area contributed by atoms with E-state index in [4.69, 9.17) is 10.5 Å². The fourth-order valence-electron chi connectivity index (χ4n) is 2.13. The van der Waals surface area contributed by atoms with Crippen molar-refractivity contribution in [3.8, 4) is 17.1 Å². The summed E-state index contributed by atoms with van der Waals surface area (Å²) in [5, 5.41) is 11.2. The molecule has 0 bridgehead atoms. The number of aromatic nitrogens is 5. The number of nitrogens with two attached hydrogens (primary N) is 1. The summed E-state index contributed by atoms with van der Waals surface area (Å²) < 4.78 is 6.82. The van der Waals surface area contributed by atoms with Crippen molar-refractivity contribution < 1.29 is 9.53 Å². The third kappa shape index (κ3) is 2.90. The molecule has 0 aliphatic heterocycles. The van der Waals surface area contributed by atoms with Crippen molar-refractivity contribution in [3.63, 3.8) is 0 Å². The molecule has 3 N–H and O–H groups in total. The third-order valence-electron chi connectivity index (χ3n) is 3.32. The normalized spacial score (nSPS) is 10.8. The number of hydrogen-bond donors (Lipinski definition) is 2. The second-order valence-electron chi connectivity index (χ2n) is 5.03. The number of nitrogen functional groups attached to an aromatic ring is 1. The number of aryl methyl sites for hydroxylation is 1. The summed E-state index contributed by atoms with van der Waals surface area (Å²) in [4.78, 5) is 15.6. The molecule has 0 aliphatic carbocycles. The highest BCUT2D eigenvalue weighted by atomic mass is 79.9. The van der Waals surface area contributed by atoms with Gasteiger partial charge in [0.1, 0.15) is 0 Å². The van der Waals surface area contributed by atoms with Crippen LogP contribution in [0.3, 0.4) is 0 Å². The first-order valence-electron chi connectivity index (χ1n) is 7.22. The van der Waals surface area contributed by atoms with Gasteiger partial charge in [-0.1, -0.05) is 29.8 Å². The zero-order chi connectivity index (χ0) is 17.3. The molecule has 3 rings (SSSR count). The monoisotopic (exact) mass is 390 g/mol. The molecule has 124 valence electrons. The van der Waals surface area contributed by atoms with E-state index >= 15 is 0 Å². The molecule has 0 saturated carbocycles. The number of H-pyrrole nitrogens is 1. The molecular formula is C15H15BrN6O2. The molecule has 0 amide bonds. The quantitative estimate of drug-likeness (QED) is 0.661. The van der Waals surface area contributed by atoms with E-state index in [-0.39, 0.29) is 18.4 Å². The molecule has 8 nitrogen and oxygen atoms in total. The average Bonchev–Trinajstić information content (AvgIpc) is 3.11. The van der Waals surface area contributed by atoms with Crippen molar-refractivity contribution in [1.82, 2.24) is 25.0 Å². The molecule has 0 atom stereocenters. The maximum atomic E-state index is 11.7. The topological polar surface area (TPSA) is 112 Å². The van der Waals surface area contributed by atoms with Crippen LogP contribution in [0.5, 0.6) is 0 Å². The van der Waals surface area contributed by atoms with E-state index in [0.29, 0.717) is 10.3 Å². The number of anilines is 1. The SMILES string of the molecule is CCOC(=O)c1nc(N)n(-c2n[nH]c(-c3ccc(C)cc3)c2Br)n1. The van der Waals surface area contributed by atoms with Gasteiger partial charge in [-0.2, -0.15) is 14.8 Å². The van der Waals surface area contributed by atoms with Gasteiger partial charge >= 0.3 is 5.97 Å². The van der Waals surface area contributed by atoms with Crippen molar-refractivity contribution in [3.05, 3.63) is 40.1 Å². The number of rotatable bonds is 4. The van der Waals surface area contributed by atoms with Crippen LogP contribution in [0.1, 0.15) is 23.1 Å². The summed E-state index contributed by atoms with van der Waals surface area (Å²) in [7, 11) is 0. The summed E-state index contributed by atoms with van der Waals surface area (Å²) >= 11 is 3.50. The van der Waals surface area contributed by atoms with E-state index in [2.05, 4.69) is 36.2 Å². The minimum absolute atomic E-state index is 0.0423. The Kier molecular flexibility index (Phi) is 4.34. The Bertz CT molecular complexity index is 884. The van der Waals surface area contributed by atoms with Crippen molar-refractivity contribution in [2.24, 2.45) is 0 Å². The zero-order valence-corrected chi connectivity index (χ0v) is 14.7. The maximum absolute atomic E-state index is 11.7. The van der Waals surface area contributed by atoms with Gasteiger partial charge in [0.05, 0.1) is 16.8 Å². The fourth-order valence-corrected chi connectivity index (χ4v) is 2.71. The molecule has 2 heterocycles. The van der Waals surface area contributed by atoms with Crippen LogP contribution in [0, 0.1) is 6.92 Å². The van der Waals surface area contributed by atoms with Crippen LogP contribution in [0.25, 0.3) is 17.1 Å². The smallest absolute Gasteiger partial charge is 0.378 e. The highest BCUT2D eigenvalue weighted by Gasteiger charge is 2.21. The number of esters is 1. The predicted molar refractivity (Wildman–Crippen MR) is 91.7 cm³/mol. The number of nitrogens with one attached hydrogen (secondary N) is 1. The molecule has 0 aliphatic rings. The van der Waals surface area contributed by atoms with E-state index in [9.17, 15) is 4.79 Å². The van der Waals surface area contributed by atoms with Crippen LogP contribution in [0.4, 0.5) is 5.95 Å². The zero-order valence-electron chi connectivity index (χ0n) is 13.1. The second kappa shape index (κ2) is 6.44. The van der Waals surface area contributed by atoms with Gasteiger partial charge in [-0.15, -0.1) is 5.10 Å². The molecule has 0 saturated heterocycles. The van der Waals surface area contributed by atoms with E-state index in [1.165, 1.54) is 4.68 Å². The lowest BCUT2D eigenvalue weighted by atomic mass is 10.1. The standard InChI is InChI=1S/C15H15BrN6O2/c1-3-24-14(23)12-18-15(17)22(21-12)13-10(16)11(19-20-13)9-6-4-8(2)5-7-9/h4-7H,3H2,1-2H3,(H,19,20)(H2,17,18,21). The predicted octanol–water partition coefficient (Wildman–Crippen LogP) is 2.49. The minimum atomic E-state index is -0.631. The lowest BCUT2D eigenvalue weighted by Gasteiger charge is -2.01. The molecule has 3 aromatic rings. The van der Waals surface area contributed by atoms with Gasteiger partial charge in [0.2, 0.25) is 5.95 Å². The molecule has 0 radical (unpaired) electrons. The number of carbonyl (C=O) groups is 1. The lowest BCUT2D eigenvalue weighted by Crippen LogP contribution is -2.08. The largest absolute Gasteiger partial charge is 0.460 e. The Morgan fingerprint density at radius 3 is 2.75 bits per heavy atom. The van der Waals surface area contributed by atoms with Crippen LogP contribution in [0.2, 0.25) is 0 Å². The second-order valence-corrected chi connectivity index (χ2v) is 5.82. The van der Waals surface area contributed by atoms with Crippen molar-refractivity contribution in [2.45, 2.75) is 13.8 Å². The third-order valence-corrected chi connectivity index (χ3v) is 4.07. The Hall–Kier alpha value is -2.68. The molecule has 24 heavy (non-hydrogen) atoms. The van der Waals surface area contributed by atoms with Gasteiger partial charge in [-0.3, -0.25) is 5.10 Å². The lowest BCUT2D eigenvalue weighted by molar-refractivity contribution is 0.0512. The molecule has 1 aromatic carbocycles. The van der Waals surface area contributed by atoms with E-state index < -0.39 is 5.97 Å². The minimum Gasteiger partial charge on any atom is -0.460 e. The van der Waals surface area contributed by atoms with Gasteiger partial charge in [0.15, 0.2) is 5.82 Å². The summed E-state index contributed by atoms with van der Waals surface area (Å²) in [6.45, 7) is 3.96. The number of ether oxygens (including phenoxy) is 1. The van der Waals surface area contributed by atoms with Crippen molar-refractivity contribution in [2.75, 3.05) is 12.3 Å². The van der Waals surface area contributed by atoms with Crippen LogP contribution >= 0.6 is 15.9 Å². The number of benzene rings is 1. The van der Waals surface area contributed by atoms with Gasteiger partial charge in [-0.25, -0.2) is 4.79 Å². The number of carbonyl (C=O) groups excluding carboxylic acids is 1. The fraction of sp³-hybridized carbons (Fsp3) is 0.200. The summed E-state index contributed by atoms with van der Waals surface area (Å²) in [5.74, 6) is -0.290. The van der Waals surface area contributed by atoms with Crippen molar-refractivity contribution >= 4 is 27.8 Å². The molecule has 9 heteroatoms. The Labute approximate surface area is 146 Å². The van der Waals surface area contributed by atoms with Gasteiger partial charge in [-0.05, 0) is 29.8 Å². The first-order chi connectivity index (χ1) is 11.5. The van der Waals surface area contributed by atoms with Gasteiger partial charge < -0.3 is 10.5 Å².